The summed E-state index contributed by atoms with van der Waals surface area (Å²) in [4.78, 5) is 41.3. The third-order valence-electron chi connectivity index (χ3n) is 3.40. The summed E-state index contributed by atoms with van der Waals surface area (Å²) in [5.74, 6) is -1.28. The molecule has 0 fully saturated rings. The highest BCUT2D eigenvalue weighted by atomic mass is 16.5. The number of ether oxygens (including phenoxy) is 1. The van der Waals surface area contributed by atoms with Crippen LogP contribution >= 0.6 is 0 Å². The van der Waals surface area contributed by atoms with E-state index in [2.05, 4.69) is 9.72 Å². The summed E-state index contributed by atoms with van der Waals surface area (Å²) in [6.07, 6.45) is 0. The Balaban J connectivity index is 1.88. The van der Waals surface area contributed by atoms with Gasteiger partial charge < -0.3 is 4.74 Å². The zero-order valence-corrected chi connectivity index (χ0v) is 11.8. The third-order valence-corrected chi connectivity index (χ3v) is 3.40. The van der Waals surface area contributed by atoms with Gasteiger partial charge in [0.1, 0.15) is 5.69 Å². The average Bonchev–Trinajstić information content (AvgIpc) is 2.80. The van der Waals surface area contributed by atoms with Crippen molar-refractivity contribution in [3.8, 4) is 0 Å². The van der Waals surface area contributed by atoms with Crippen molar-refractivity contribution in [3.63, 3.8) is 0 Å². The lowest BCUT2D eigenvalue weighted by Crippen LogP contribution is -2.29. The van der Waals surface area contributed by atoms with Crippen LogP contribution in [0.4, 0.5) is 0 Å². The number of carbonyl (C=O) groups excluding carboxylic acids is 3. The summed E-state index contributed by atoms with van der Waals surface area (Å²) >= 11 is 0. The van der Waals surface area contributed by atoms with Crippen LogP contribution in [0.25, 0.3) is 0 Å². The molecule has 0 aliphatic carbocycles. The van der Waals surface area contributed by atoms with Gasteiger partial charge in [0, 0.05) is 0 Å². The maximum Gasteiger partial charge on any atom is 0.356 e. The van der Waals surface area contributed by atoms with Crippen LogP contribution in [-0.4, -0.2) is 34.8 Å². The monoisotopic (exact) mass is 296 g/mol. The minimum absolute atomic E-state index is 0.0111. The van der Waals surface area contributed by atoms with Crippen LogP contribution in [-0.2, 0) is 11.3 Å². The number of carbonyl (C=O) groups is 3. The van der Waals surface area contributed by atoms with Gasteiger partial charge in [-0.15, -0.1) is 0 Å². The van der Waals surface area contributed by atoms with E-state index in [1.54, 1.807) is 36.4 Å². The smallest absolute Gasteiger partial charge is 0.356 e. The molecule has 2 heterocycles. The fourth-order valence-electron chi connectivity index (χ4n) is 2.33. The summed E-state index contributed by atoms with van der Waals surface area (Å²) in [6.45, 7) is 0.0111. The van der Waals surface area contributed by atoms with Gasteiger partial charge in [-0.05, 0) is 24.3 Å². The highest BCUT2D eigenvalue weighted by Gasteiger charge is 2.35. The summed E-state index contributed by atoms with van der Waals surface area (Å²) in [7, 11) is 1.26. The summed E-state index contributed by atoms with van der Waals surface area (Å²) in [6, 6.07) is 11.5. The van der Waals surface area contributed by atoms with Crippen LogP contribution in [0.2, 0.25) is 0 Å². The second-order valence-electron chi connectivity index (χ2n) is 4.75. The molecule has 3 rings (SSSR count). The topological polar surface area (TPSA) is 76.6 Å². The van der Waals surface area contributed by atoms with Crippen molar-refractivity contribution >= 4 is 17.8 Å². The number of hydrogen-bond acceptors (Lipinski definition) is 5. The molecule has 1 aliphatic heterocycles. The molecule has 0 bridgehead atoms. The third kappa shape index (κ3) is 2.24. The van der Waals surface area contributed by atoms with E-state index in [9.17, 15) is 14.4 Å². The highest BCUT2D eigenvalue weighted by molar-refractivity contribution is 6.21. The minimum Gasteiger partial charge on any atom is -0.464 e. The molecule has 0 unspecified atom stereocenters. The molecule has 0 saturated heterocycles. The van der Waals surface area contributed by atoms with Gasteiger partial charge in [0.15, 0.2) is 0 Å². The fraction of sp³-hybridized carbons (Fsp3) is 0.125. The molecule has 0 N–H and O–H groups in total. The van der Waals surface area contributed by atoms with E-state index in [1.165, 1.54) is 13.2 Å². The Morgan fingerprint density at radius 3 is 2.27 bits per heavy atom. The Bertz CT molecular complexity index is 750. The van der Waals surface area contributed by atoms with E-state index in [4.69, 9.17) is 0 Å². The van der Waals surface area contributed by atoms with E-state index in [0.717, 1.165) is 4.90 Å². The molecule has 0 atom stereocenters. The Morgan fingerprint density at radius 2 is 1.68 bits per heavy atom. The maximum absolute atomic E-state index is 12.3. The number of rotatable bonds is 3. The molecule has 6 nitrogen and oxygen atoms in total. The molecular formula is C16H12N2O4. The summed E-state index contributed by atoms with van der Waals surface area (Å²) < 4.78 is 4.61. The van der Waals surface area contributed by atoms with E-state index in [1.807, 2.05) is 0 Å². The molecule has 110 valence electrons. The van der Waals surface area contributed by atoms with Gasteiger partial charge in [0.2, 0.25) is 0 Å². The standard InChI is InChI=1S/C16H12N2O4/c1-22-16(21)13-8-4-5-10(17-13)9-18-14(19)11-6-2-3-7-12(11)15(18)20/h2-8H,9H2,1H3. The number of imide groups is 1. The highest BCUT2D eigenvalue weighted by Crippen LogP contribution is 2.23. The summed E-state index contributed by atoms with van der Waals surface area (Å²) in [5.41, 5.74) is 1.35. The molecule has 2 amide bonds. The van der Waals surface area contributed by atoms with E-state index < -0.39 is 5.97 Å². The van der Waals surface area contributed by atoms with Crippen LogP contribution in [0.1, 0.15) is 36.9 Å². The van der Waals surface area contributed by atoms with Crippen molar-refractivity contribution in [2.75, 3.05) is 7.11 Å². The molecule has 2 aromatic rings. The Kier molecular flexibility index (Phi) is 3.42. The first-order valence-corrected chi connectivity index (χ1v) is 6.61. The predicted molar refractivity (Wildman–Crippen MR) is 76.2 cm³/mol. The molecule has 1 aliphatic rings. The minimum atomic E-state index is -0.566. The fourth-order valence-corrected chi connectivity index (χ4v) is 2.33. The molecule has 1 aromatic carbocycles. The van der Waals surface area contributed by atoms with Gasteiger partial charge in [-0.3, -0.25) is 14.5 Å². The van der Waals surface area contributed by atoms with Crippen molar-refractivity contribution in [1.82, 2.24) is 9.88 Å². The van der Waals surface area contributed by atoms with E-state index in [0.29, 0.717) is 16.8 Å². The number of esters is 1. The number of nitrogens with zero attached hydrogens (tertiary/aromatic N) is 2. The van der Waals surface area contributed by atoms with Crippen LogP contribution < -0.4 is 0 Å². The largest absolute Gasteiger partial charge is 0.464 e. The van der Waals surface area contributed by atoms with Gasteiger partial charge in [-0.1, -0.05) is 18.2 Å². The van der Waals surface area contributed by atoms with Gasteiger partial charge in [0.05, 0.1) is 30.5 Å². The van der Waals surface area contributed by atoms with E-state index >= 15 is 0 Å². The second kappa shape index (κ2) is 5.40. The first kappa shape index (κ1) is 13.9. The molecular weight excluding hydrogens is 284 g/mol. The molecule has 22 heavy (non-hydrogen) atoms. The van der Waals surface area contributed by atoms with Crippen LogP contribution in [0.5, 0.6) is 0 Å². The molecule has 0 spiro atoms. The molecule has 0 saturated carbocycles. The first-order valence-electron chi connectivity index (χ1n) is 6.61. The molecule has 6 heteroatoms. The Labute approximate surface area is 126 Å². The van der Waals surface area contributed by atoms with Crippen molar-refractivity contribution < 1.29 is 19.1 Å². The number of methoxy groups -OCH3 is 1. The number of aromatic nitrogens is 1. The van der Waals surface area contributed by atoms with E-state index in [-0.39, 0.29) is 24.1 Å². The quantitative estimate of drug-likeness (QED) is 0.636. The summed E-state index contributed by atoms with van der Waals surface area (Å²) in [5, 5.41) is 0. The zero-order valence-electron chi connectivity index (χ0n) is 11.8. The molecule has 1 aromatic heterocycles. The lowest BCUT2D eigenvalue weighted by Gasteiger charge is -2.13. The Hall–Kier alpha value is -3.02. The number of fused-ring (bicyclic) bond motifs is 1. The number of benzene rings is 1. The van der Waals surface area contributed by atoms with Crippen molar-refractivity contribution in [2.45, 2.75) is 6.54 Å². The van der Waals surface area contributed by atoms with Crippen molar-refractivity contribution in [3.05, 3.63) is 65.0 Å². The predicted octanol–water partition coefficient (Wildman–Crippen LogP) is 1.66. The Morgan fingerprint density at radius 1 is 1.05 bits per heavy atom. The average molecular weight is 296 g/mol. The van der Waals surface area contributed by atoms with Crippen LogP contribution in [0, 0.1) is 0 Å². The lowest BCUT2D eigenvalue weighted by molar-refractivity contribution is 0.0593. The lowest BCUT2D eigenvalue weighted by atomic mass is 10.1. The van der Waals surface area contributed by atoms with Crippen molar-refractivity contribution in [2.24, 2.45) is 0 Å². The van der Waals surface area contributed by atoms with Crippen LogP contribution in [0.15, 0.2) is 42.5 Å². The van der Waals surface area contributed by atoms with Gasteiger partial charge in [0.25, 0.3) is 11.8 Å². The first-order chi connectivity index (χ1) is 10.6. The second-order valence-corrected chi connectivity index (χ2v) is 4.75. The SMILES string of the molecule is COC(=O)c1cccc(CN2C(=O)c3ccccc3C2=O)n1. The van der Waals surface area contributed by atoms with Crippen molar-refractivity contribution in [1.29, 1.82) is 0 Å². The zero-order chi connectivity index (χ0) is 15.7. The molecule has 0 radical (unpaired) electrons. The van der Waals surface area contributed by atoms with Crippen LogP contribution in [0.3, 0.4) is 0 Å². The number of pyridine rings is 1. The number of amides is 2. The van der Waals surface area contributed by atoms with Gasteiger partial charge >= 0.3 is 5.97 Å². The van der Waals surface area contributed by atoms with Gasteiger partial charge in [-0.2, -0.15) is 0 Å². The maximum atomic E-state index is 12.3. The normalized spacial score (nSPS) is 13.2. The van der Waals surface area contributed by atoms with Gasteiger partial charge in [-0.25, -0.2) is 9.78 Å². The number of hydrogen-bond donors (Lipinski definition) is 0.